The van der Waals surface area contributed by atoms with Crippen molar-refractivity contribution in [1.82, 2.24) is 20.4 Å². The average Bonchev–Trinajstić information content (AvgIpc) is 3.26. The van der Waals surface area contributed by atoms with Crippen LogP contribution in [0.15, 0.2) is 47.5 Å². The second kappa shape index (κ2) is 10.5. The molecule has 2 aromatic rings. The minimum absolute atomic E-state index is 0.292. The molecule has 2 N–H and O–H groups in total. The third-order valence-corrected chi connectivity index (χ3v) is 5.69. The Balaban J connectivity index is 1.29. The average molecular weight is 424 g/mol. The fourth-order valence-electron chi connectivity index (χ4n) is 3.76. The molecule has 0 unspecified atom stereocenters. The molecule has 7 nitrogen and oxygen atoms in total. The number of fused-ring (bicyclic) bond motifs is 1. The maximum atomic E-state index is 5.45. The molecular formula is C24H33N5O2. The molecule has 2 aliphatic rings. The molecule has 0 bridgehead atoms. The van der Waals surface area contributed by atoms with Gasteiger partial charge in [0, 0.05) is 45.8 Å². The van der Waals surface area contributed by atoms with E-state index in [1.54, 1.807) is 0 Å². The van der Waals surface area contributed by atoms with Crippen LogP contribution in [0.1, 0.15) is 23.6 Å². The second-order valence-corrected chi connectivity index (χ2v) is 8.13. The van der Waals surface area contributed by atoms with Gasteiger partial charge in [-0.15, -0.1) is 0 Å². The molecule has 4 rings (SSSR count). The third-order valence-electron chi connectivity index (χ3n) is 5.69. The van der Waals surface area contributed by atoms with Crippen LogP contribution in [0.4, 0.5) is 0 Å². The maximum Gasteiger partial charge on any atom is 0.231 e. The molecule has 0 aliphatic carbocycles. The van der Waals surface area contributed by atoms with Gasteiger partial charge in [-0.1, -0.05) is 30.3 Å². The lowest BCUT2D eigenvalue weighted by Crippen LogP contribution is -2.43. The molecule has 7 heteroatoms. The van der Waals surface area contributed by atoms with Gasteiger partial charge in [0.2, 0.25) is 6.79 Å². The van der Waals surface area contributed by atoms with Crippen LogP contribution < -0.4 is 20.1 Å². The fraction of sp³-hybridized carbons (Fsp3) is 0.458. The Kier molecular flexibility index (Phi) is 7.27. The van der Waals surface area contributed by atoms with Gasteiger partial charge < -0.3 is 25.0 Å². The number of piperazine rings is 1. The van der Waals surface area contributed by atoms with Crippen LogP contribution in [-0.4, -0.2) is 62.3 Å². The summed E-state index contributed by atoms with van der Waals surface area (Å²) in [5.41, 5.74) is 3.71. The first kappa shape index (κ1) is 21.5. The molecular weight excluding hydrogens is 390 g/mol. The summed E-state index contributed by atoms with van der Waals surface area (Å²) in [5.74, 6) is 2.40. The standard InChI is InChI=1S/C24H33N5O2/c1-3-25-24(27-16-21-8-9-22-23(14-21)31-18-30-22)26-15-19-4-6-20(7-5-19)17-29-12-10-28(2)11-13-29/h4-9,14H,3,10-13,15-18H2,1-2H3,(H2,25,26,27). The second-order valence-electron chi connectivity index (χ2n) is 8.13. The van der Waals surface area contributed by atoms with Crippen molar-refractivity contribution in [1.29, 1.82) is 0 Å². The molecule has 1 fully saturated rings. The van der Waals surface area contributed by atoms with E-state index < -0.39 is 0 Å². The summed E-state index contributed by atoms with van der Waals surface area (Å²) in [4.78, 5) is 9.63. The highest BCUT2D eigenvalue weighted by Gasteiger charge is 2.14. The number of hydrogen-bond acceptors (Lipinski definition) is 5. The quantitative estimate of drug-likeness (QED) is 0.527. The van der Waals surface area contributed by atoms with Crippen LogP contribution in [0.25, 0.3) is 0 Å². The van der Waals surface area contributed by atoms with Gasteiger partial charge in [0.05, 0.1) is 6.54 Å². The predicted molar refractivity (Wildman–Crippen MR) is 123 cm³/mol. The van der Waals surface area contributed by atoms with E-state index in [2.05, 4.69) is 58.7 Å². The van der Waals surface area contributed by atoms with Crippen LogP contribution in [0.5, 0.6) is 11.5 Å². The molecule has 0 aromatic heterocycles. The van der Waals surface area contributed by atoms with E-state index in [0.717, 1.165) is 68.8 Å². The van der Waals surface area contributed by atoms with E-state index >= 15 is 0 Å². The van der Waals surface area contributed by atoms with Gasteiger partial charge in [0.1, 0.15) is 0 Å². The Morgan fingerprint density at radius 1 is 0.903 bits per heavy atom. The van der Waals surface area contributed by atoms with Crippen molar-refractivity contribution in [2.45, 2.75) is 26.6 Å². The van der Waals surface area contributed by atoms with E-state index in [0.29, 0.717) is 13.3 Å². The van der Waals surface area contributed by atoms with Crippen molar-refractivity contribution in [3.8, 4) is 11.5 Å². The zero-order valence-corrected chi connectivity index (χ0v) is 18.6. The van der Waals surface area contributed by atoms with Crippen LogP contribution in [0.3, 0.4) is 0 Å². The highest BCUT2D eigenvalue weighted by Crippen LogP contribution is 2.32. The van der Waals surface area contributed by atoms with Gasteiger partial charge in [-0.25, -0.2) is 4.99 Å². The third kappa shape index (κ3) is 6.12. The van der Waals surface area contributed by atoms with Crippen molar-refractivity contribution < 1.29 is 9.47 Å². The highest BCUT2D eigenvalue weighted by atomic mass is 16.7. The first-order chi connectivity index (χ1) is 15.2. The summed E-state index contributed by atoms with van der Waals surface area (Å²) in [6.45, 7) is 10.1. The molecule has 0 spiro atoms. The van der Waals surface area contributed by atoms with Crippen molar-refractivity contribution >= 4 is 5.96 Å². The number of nitrogens with one attached hydrogen (secondary N) is 2. The van der Waals surface area contributed by atoms with Gasteiger partial charge in [0.15, 0.2) is 17.5 Å². The molecule has 2 heterocycles. The maximum absolute atomic E-state index is 5.45. The summed E-state index contributed by atoms with van der Waals surface area (Å²) in [5, 5.41) is 6.75. The Morgan fingerprint density at radius 2 is 1.61 bits per heavy atom. The SMILES string of the molecule is CCNC(=NCc1ccc2c(c1)OCO2)NCc1ccc(CN2CCN(C)CC2)cc1. The first-order valence-electron chi connectivity index (χ1n) is 11.1. The summed E-state index contributed by atoms with van der Waals surface area (Å²) in [7, 11) is 2.19. The fourth-order valence-corrected chi connectivity index (χ4v) is 3.76. The van der Waals surface area contributed by atoms with E-state index in [-0.39, 0.29) is 0 Å². The Hall–Kier alpha value is -2.77. The van der Waals surface area contributed by atoms with Gasteiger partial charge in [0.25, 0.3) is 0 Å². The smallest absolute Gasteiger partial charge is 0.231 e. The lowest BCUT2D eigenvalue weighted by molar-refractivity contribution is 0.148. The number of ether oxygens (including phenoxy) is 2. The summed E-state index contributed by atoms with van der Waals surface area (Å²) >= 11 is 0. The first-order valence-corrected chi connectivity index (χ1v) is 11.1. The predicted octanol–water partition coefficient (Wildman–Crippen LogP) is 2.42. The van der Waals surface area contributed by atoms with Gasteiger partial charge in [-0.3, -0.25) is 4.90 Å². The van der Waals surface area contributed by atoms with Crippen molar-refractivity contribution in [3.63, 3.8) is 0 Å². The Bertz CT molecular complexity index is 876. The monoisotopic (exact) mass is 423 g/mol. The van der Waals surface area contributed by atoms with Crippen LogP contribution in [0.2, 0.25) is 0 Å². The molecule has 0 amide bonds. The Labute approximate surface area is 185 Å². The largest absolute Gasteiger partial charge is 0.454 e. The number of nitrogens with zero attached hydrogens (tertiary/aromatic N) is 3. The van der Waals surface area contributed by atoms with Gasteiger partial charge >= 0.3 is 0 Å². The van der Waals surface area contributed by atoms with Crippen LogP contribution in [0, 0.1) is 0 Å². The van der Waals surface area contributed by atoms with Gasteiger partial charge in [-0.05, 0) is 42.8 Å². The molecule has 2 aliphatic heterocycles. The molecule has 2 aromatic carbocycles. The Morgan fingerprint density at radius 3 is 2.39 bits per heavy atom. The lowest BCUT2D eigenvalue weighted by Gasteiger charge is -2.32. The van der Waals surface area contributed by atoms with E-state index in [1.807, 2.05) is 18.2 Å². The minimum atomic E-state index is 0.292. The minimum Gasteiger partial charge on any atom is -0.454 e. The van der Waals surface area contributed by atoms with Crippen molar-refractivity contribution in [2.75, 3.05) is 46.6 Å². The highest BCUT2D eigenvalue weighted by molar-refractivity contribution is 5.79. The molecule has 0 radical (unpaired) electrons. The molecule has 166 valence electrons. The zero-order valence-electron chi connectivity index (χ0n) is 18.6. The number of likely N-dealkylation sites (N-methyl/N-ethyl adjacent to an activating group) is 1. The summed E-state index contributed by atoms with van der Waals surface area (Å²) in [6, 6.07) is 14.9. The number of hydrogen-bond donors (Lipinski definition) is 2. The van der Waals surface area contributed by atoms with Crippen LogP contribution in [-0.2, 0) is 19.6 Å². The van der Waals surface area contributed by atoms with E-state index in [4.69, 9.17) is 14.5 Å². The molecule has 0 atom stereocenters. The van der Waals surface area contributed by atoms with E-state index in [9.17, 15) is 0 Å². The number of guanidine groups is 1. The molecule has 0 saturated carbocycles. The van der Waals surface area contributed by atoms with Crippen molar-refractivity contribution in [2.24, 2.45) is 4.99 Å². The van der Waals surface area contributed by atoms with E-state index in [1.165, 1.54) is 11.1 Å². The van der Waals surface area contributed by atoms with Crippen LogP contribution >= 0.6 is 0 Å². The number of aliphatic imine (C=N–C) groups is 1. The summed E-state index contributed by atoms with van der Waals surface area (Å²) < 4.78 is 10.8. The van der Waals surface area contributed by atoms with Crippen molar-refractivity contribution in [3.05, 3.63) is 59.2 Å². The van der Waals surface area contributed by atoms with Gasteiger partial charge in [-0.2, -0.15) is 0 Å². The normalized spacial score (nSPS) is 17.0. The number of benzene rings is 2. The molecule has 31 heavy (non-hydrogen) atoms. The molecule has 1 saturated heterocycles. The summed E-state index contributed by atoms with van der Waals surface area (Å²) in [6.07, 6.45) is 0. The zero-order chi connectivity index (χ0) is 21.5. The number of rotatable bonds is 7. The lowest BCUT2D eigenvalue weighted by atomic mass is 10.1. The topological polar surface area (TPSA) is 61.4 Å².